The number of phenols is 2. The Balaban J connectivity index is 1.52. The summed E-state index contributed by atoms with van der Waals surface area (Å²) in [5.74, 6) is 0.648. The second kappa shape index (κ2) is 12.5. The fraction of sp³-hybridized carbons (Fsp3) is 0.423. The second-order valence-electron chi connectivity index (χ2n) is 9.80. The zero-order valence-electron chi connectivity index (χ0n) is 22.2. The van der Waals surface area contributed by atoms with E-state index in [9.17, 15) is 20.1 Å². The molecule has 1 aromatic heterocycles. The number of hydrogen-bond donors (Lipinski definition) is 5. The van der Waals surface area contributed by atoms with Crippen LogP contribution in [0.2, 0.25) is 0 Å². The number of carbonyl (C=O) groups is 1. The molecule has 3 aromatic rings. The monoisotopic (exact) mass is 529 g/mol. The van der Waals surface area contributed by atoms with Crippen molar-refractivity contribution in [2.45, 2.75) is 52.6 Å². The van der Waals surface area contributed by atoms with Gasteiger partial charge in [0.25, 0.3) is 0 Å². The van der Waals surface area contributed by atoms with Gasteiger partial charge in [-0.05, 0) is 69.0 Å². The molecule has 2 aromatic carbocycles. The number of hydroxylamine groups is 1. The van der Waals surface area contributed by atoms with Gasteiger partial charge in [-0.15, -0.1) is 5.10 Å². The van der Waals surface area contributed by atoms with Crippen LogP contribution >= 0.6 is 0 Å². The molecule has 0 atom stereocenters. The zero-order chi connectivity index (χ0) is 27.9. The van der Waals surface area contributed by atoms with Crippen molar-refractivity contribution in [1.82, 2.24) is 25.6 Å². The van der Waals surface area contributed by atoms with Crippen LogP contribution < -0.4 is 15.5 Å². The van der Waals surface area contributed by atoms with Crippen LogP contribution in [0.3, 0.4) is 0 Å². The Morgan fingerprint density at radius 3 is 2.42 bits per heavy atom. The van der Waals surface area contributed by atoms with Gasteiger partial charge in [0, 0.05) is 12.6 Å². The first-order valence-corrected chi connectivity index (χ1v) is 12.2. The minimum atomic E-state index is -0.571. The molecule has 0 fully saturated rings. The molecule has 5 N–H and O–H groups in total. The van der Waals surface area contributed by atoms with Gasteiger partial charge < -0.3 is 24.8 Å². The van der Waals surface area contributed by atoms with Crippen molar-refractivity contribution in [1.29, 1.82) is 0 Å². The summed E-state index contributed by atoms with van der Waals surface area (Å²) in [6.45, 7) is 10.1. The average molecular weight is 530 g/mol. The summed E-state index contributed by atoms with van der Waals surface area (Å²) < 4.78 is 12.2. The Morgan fingerprint density at radius 1 is 1.05 bits per heavy atom. The number of aromatic nitrogens is 3. The zero-order valence-corrected chi connectivity index (χ0v) is 22.2. The summed E-state index contributed by atoms with van der Waals surface area (Å²) in [5, 5.41) is 41.2. The smallest absolute Gasteiger partial charge is 0.409 e. The largest absolute Gasteiger partial charge is 0.508 e. The van der Waals surface area contributed by atoms with Gasteiger partial charge in [0.05, 0.1) is 17.9 Å². The predicted octanol–water partition coefficient (Wildman–Crippen LogP) is 3.95. The Hall–Kier alpha value is -4.03. The van der Waals surface area contributed by atoms with Crippen molar-refractivity contribution < 1.29 is 34.4 Å². The molecule has 12 heteroatoms. The maximum Gasteiger partial charge on any atom is 0.409 e. The van der Waals surface area contributed by atoms with Gasteiger partial charge in [-0.3, -0.25) is 10.2 Å². The van der Waals surface area contributed by atoms with Crippen LogP contribution in [0.5, 0.6) is 23.3 Å². The minimum absolute atomic E-state index is 0.00594. The molecule has 0 bridgehead atoms. The fourth-order valence-corrected chi connectivity index (χ4v) is 3.48. The summed E-state index contributed by atoms with van der Waals surface area (Å²) >= 11 is 0. The van der Waals surface area contributed by atoms with Crippen LogP contribution in [0.15, 0.2) is 36.4 Å². The molecule has 1 heterocycles. The summed E-state index contributed by atoms with van der Waals surface area (Å²) in [5.41, 5.74) is 3.68. The van der Waals surface area contributed by atoms with Crippen molar-refractivity contribution in [3.05, 3.63) is 42.0 Å². The molecule has 0 aliphatic heterocycles. The van der Waals surface area contributed by atoms with E-state index < -0.39 is 11.7 Å². The molecular formula is C26H35N5O7. The number of benzene rings is 2. The van der Waals surface area contributed by atoms with E-state index in [0.717, 1.165) is 0 Å². The van der Waals surface area contributed by atoms with Gasteiger partial charge in [0.1, 0.15) is 29.6 Å². The first kappa shape index (κ1) is 28.5. The third-order valence-corrected chi connectivity index (χ3v) is 5.23. The number of amides is 1. The van der Waals surface area contributed by atoms with E-state index in [1.165, 1.54) is 10.6 Å². The van der Waals surface area contributed by atoms with Crippen LogP contribution in [0, 0.1) is 0 Å². The maximum absolute atomic E-state index is 11.5. The standard InChI is InChI=1S/C26H35N5O7/c1-16(2)19-13-20(22(33)14-21(19)32)23-29-30-24(34)31(23)17-7-9-18(10-8-17)36-12-6-11-28-37-15-27-25(35)38-26(3,4)5/h7-10,13-14,16,28,32-33H,6,11-12,15H2,1-5H3,(H,27,35)(H,30,34). The molecular weight excluding hydrogens is 494 g/mol. The molecule has 38 heavy (non-hydrogen) atoms. The Bertz CT molecular complexity index is 1220. The van der Waals surface area contributed by atoms with Crippen LogP contribution in [0.4, 0.5) is 4.79 Å². The molecule has 12 nitrogen and oxygen atoms in total. The second-order valence-corrected chi connectivity index (χ2v) is 9.80. The number of carbonyl (C=O) groups excluding carboxylic acids is 1. The van der Waals surface area contributed by atoms with E-state index in [1.54, 1.807) is 51.1 Å². The molecule has 3 rings (SSSR count). The fourth-order valence-electron chi connectivity index (χ4n) is 3.48. The highest BCUT2D eigenvalue weighted by Crippen LogP contribution is 2.38. The number of aromatic hydroxyl groups is 3. The lowest BCUT2D eigenvalue weighted by atomic mass is 9.98. The van der Waals surface area contributed by atoms with E-state index in [1.807, 2.05) is 13.8 Å². The maximum atomic E-state index is 11.5. The van der Waals surface area contributed by atoms with E-state index in [-0.39, 0.29) is 36.0 Å². The van der Waals surface area contributed by atoms with E-state index in [2.05, 4.69) is 21.0 Å². The van der Waals surface area contributed by atoms with Gasteiger partial charge in [-0.25, -0.2) is 14.8 Å². The summed E-state index contributed by atoms with van der Waals surface area (Å²) in [4.78, 5) is 16.7. The molecule has 0 aliphatic rings. The SMILES string of the molecule is CC(C)c1cc(-c2nnc(O)n2-c2ccc(OCCCNOCNC(=O)OC(C)(C)C)cc2)c(O)cc1O. The van der Waals surface area contributed by atoms with Crippen molar-refractivity contribution in [2.24, 2.45) is 0 Å². The third-order valence-electron chi connectivity index (χ3n) is 5.23. The molecule has 0 spiro atoms. The highest BCUT2D eigenvalue weighted by molar-refractivity contribution is 5.70. The summed E-state index contributed by atoms with van der Waals surface area (Å²) in [7, 11) is 0. The minimum Gasteiger partial charge on any atom is -0.508 e. The number of nitrogens with one attached hydrogen (secondary N) is 2. The molecule has 0 saturated heterocycles. The van der Waals surface area contributed by atoms with Gasteiger partial charge in [0.15, 0.2) is 5.82 Å². The lowest BCUT2D eigenvalue weighted by Crippen LogP contribution is -2.35. The van der Waals surface area contributed by atoms with E-state index in [0.29, 0.717) is 42.1 Å². The lowest BCUT2D eigenvalue weighted by molar-refractivity contribution is 0.00945. The van der Waals surface area contributed by atoms with Crippen molar-refractivity contribution in [3.63, 3.8) is 0 Å². The van der Waals surface area contributed by atoms with E-state index in [4.69, 9.17) is 14.3 Å². The van der Waals surface area contributed by atoms with Crippen LogP contribution in [-0.4, -0.2) is 61.7 Å². The van der Waals surface area contributed by atoms with Gasteiger partial charge in [-0.2, -0.15) is 0 Å². The topological polar surface area (TPSA) is 160 Å². The van der Waals surface area contributed by atoms with Crippen molar-refractivity contribution in [2.75, 3.05) is 19.9 Å². The summed E-state index contributed by atoms with van der Waals surface area (Å²) in [6.07, 6.45) is 0.0845. The number of alkyl carbamates (subject to hydrolysis) is 1. The highest BCUT2D eigenvalue weighted by atomic mass is 16.7. The van der Waals surface area contributed by atoms with Crippen molar-refractivity contribution in [3.8, 4) is 40.3 Å². The number of phenolic OH excluding ortho intramolecular Hbond substituents is 2. The number of nitrogens with zero attached hydrogens (tertiary/aromatic N) is 3. The van der Waals surface area contributed by atoms with Crippen LogP contribution in [-0.2, 0) is 9.57 Å². The molecule has 0 radical (unpaired) electrons. The Kier molecular flexibility index (Phi) is 9.37. The lowest BCUT2D eigenvalue weighted by Gasteiger charge is -2.19. The number of hydrogen-bond acceptors (Lipinski definition) is 10. The first-order chi connectivity index (χ1) is 18.0. The third kappa shape index (κ3) is 7.73. The van der Waals surface area contributed by atoms with Gasteiger partial charge in [0.2, 0.25) is 0 Å². The molecule has 0 saturated carbocycles. The van der Waals surface area contributed by atoms with Gasteiger partial charge in [-0.1, -0.05) is 18.9 Å². The molecule has 206 valence electrons. The highest BCUT2D eigenvalue weighted by Gasteiger charge is 2.21. The Labute approximate surface area is 221 Å². The molecule has 0 unspecified atom stereocenters. The van der Waals surface area contributed by atoms with E-state index >= 15 is 0 Å². The first-order valence-electron chi connectivity index (χ1n) is 12.2. The predicted molar refractivity (Wildman–Crippen MR) is 139 cm³/mol. The number of rotatable bonds is 11. The van der Waals surface area contributed by atoms with Crippen LogP contribution in [0.25, 0.3) is 17.1 Å². The molecule has 0 aliphatic carbocycles. The van der Waals surface area contributed by atoms with Gasteiger partial charge >= 0.3 is 12.1 Å². The molecule has 1 amide bonds. The normalized spacial score (nSPS) is 11.5. The average Bonchev–Trinajstić information content (AvgIpc) is 3.20. The Morgan fingerprint density at radius 2 is 1.76 bits per heavy atom. The number of ether oxygens (including phenoxy) is 2. The van der Waals surface area contributed by atoms with Crippen molar-refractivity contribution >= 4 is 6.09 Å². The van der Waals surface area contributed by atoms with Crippen LogP contribution in [0.1, 0.15) is 52.5 Å². The quantitative estimate of drug-likeness (QED) is 0.140. The summed E-state index contributed by atoms with van der Waals surface area (Å²) in [6, 6.07) is 9.48.